The van der Waals surface area contributed by atoms with Crippen LogP contribution in [0, 0.1) is 0 Å². The lowest BCUT2D eigenvalue weighted by molar-refractivity contribution is -0.139. The molecule has 1 rings (SSSR count). The average molecular weight is 236 g/mol. The van der Waals surface area contributed by atoms with Gasteiger partial charge in [-0.25, -0.2) is 0 Å². The third-order valence-electron chi connectivity index (χ3n) is 1.22. The second-order valence-corrected chi connectivity index (χ2v) is 3.86. The fraction of sp³-hybridized carbons (Fsp3) is 0.625. The summed E-state index contributed by atoms with van der Waals surface area (Å²) in [6.07, 6.45) is 1.94. The van der Waals surface area contributed by atoms with E-state index in [2.05, 4.69) is 22.3 Å². The van der Waals surface area contributed by atoms with E-state index in [1.807, 2.05) is 13.2 Å². The van der Waals surface area contributed by atoms with Crippen molar-refractivity contribution in [1.82, 2.24) is 4.90 Å². The highest BCUT2D eigenvalue weighted by Crippen LogP contribution is 2.17. The van der Waals surface area contributed by atoms with Gasteiger partial charge in [-0.3, -0.25) is 4.79 Å². The Balaban J connectivity index is 0.000000241. The Hall–Kier alpha value is -0.490. The van der Waals surface area contributed by atoms with E-state index in [0.717, 1.165) is 10.9 Å². The topological polar surface area (TPSA) is 55.6 Å². The third-order valence-corrected chi connectivity index (χ3v) is 2.45. The number of nitrogens with zero attached hydrogens (tertiary/aromatic N) is 1. The molecule has 0 aromatic heterocycles. The van der Waals surface area contributed by atoms with E-state index in [1.54, 1.807) is 18.7 Å². The van der Waals surface area contributed by atoms with Gasteiger partial charge in [-0.1, -0.05) is 11.8 Å². The summed E-state index contributed by atoms with van der Waals surface area (Å²) in [5.74, 6) is 0.922. The molecule has 0 bridgehead atoms. The van der Waals surface area contributed by atoms with Crippen molar-refractivity contribution in [2.24, 2.45) is 5.73 Å². The highest BCUT2D eigenvalue weighted by atomic mass is 32.2. The number of rotatable bonds is 2. The van der Waals surface area contributed by atoms with Crippen LogP contribution < -0.4 is 5.73 Å². The van der Waals surface area contributed by atoms with Gasteiger partial charge >= 0.3 is 5.97 Å². The number of thiol groups is 1. The van der Waals surface area contributed by atoms with Gasteiger partial charge in [0.2, 0.25) is 0 Å². The molecule has 0 aromatic rings. The predicted molar refractivity (Wildman–Crippen MR) is 63.0 cm³/mol. The number of thioether (sulfide) groups is 1. The molecular weight excluding hydrogens is 220 g/mol. The minimum Gasteiger partial charge on any atom is -0.465 e. The minimum absolute atomic E-state index is 0.174. The number of esters is 1. The van der Waals surface area contributed by atoms with Gasteiger partial charge in [0.25, 0.3) is 0 Å². The Labute approximate surface area is 94.3 Å². The molecule has 0 fully saturated rings. The van der Waals surface area contributed by atoms with Crippen LogP contribution in [0.25, 0.3) is 0 Å². The fourth-order valence-corrected chi connectivity index (χ4v) is 1.45. The zero-order valence-electron chi connectivity index (χ0n) is 8.40. The maximum absolute atomic E-state index is 10.1. The smallest absolute Gasteiger partial charge is 0.315 e. The molecule has 1 heterocycles. The monoisotopic (exact) mass is 236 g/mol. The van der Waals surface area contributed by atoms with Crippen LogP contribution in [-0.4, -0.2) is 36.2 Å². The van der Waals surface area contributed by atoms with Crippen molar-refractivity contribution >= 4 is 30.4 Å². The molecule has 14 heavy (non-hydrogen) atoms. The van der Waals surface area contributed by atoms with Gasteiger partial charge in [-0.15, -0.1) is 0 Å². The lowest BCUT2D eigenvalue weighted by Gasteiger charge is -2.00. The van der Waals surface area contributed by atoms with Gasteiger partial charge in [-0.05, 0) is 6.92 Å². The average Bonchev–Trinajstić information content (AvgIpc) is 2.51. The van der Waals surface area contributed by atoms with Crippen LogP contribution in [0.2, 0.25) is 0 Å². The lowest BCUT2D eigenvalue weighted by atomic mass is 10.8. The van der Waals surface area contributed by atoms with Crippen molar-refractivity contribution in [1.29, 1.82) is 0 Å². The van der Waals surface area contributed by atoms with E-state index in [1.165, 1.54) is 0 Å². The normalized spacial score (nSPS) is 14.2. The summed E-state index contributed by atoms with van der Waals surface area (Å²) in [6, 6.07) is 0. The molecule has 1 aliphatic heterocycles. The Bertz CT molecular complexity index is 210. The predicted octanol–water partition coefficient (Wildman–Crippen LogP) is 0.859. The Kier molecular flexibility index (Phi) is 7.60. The fourth-order valence-electron chi connectivity index (χ4n) is 0.675. The van der Waals surface area contributed by atoms with E-state index < -0.39 is 0 Å². The summed E-state index contributed by atoms with van der Waals surface area (Å²) in [5.41, 5.74) is 5.41. The highest BCUT2D eigenvalue weighted by molar-refractivity contribution is 8.03. The molecule has 0 spiro atoms. The number of hydrogen-bond acceptors (Lipinski definition) is 6. The van der Waals surface area contributed by atoms with E-state index >= 15 is 0 Å². The number of carbonyl (C=O) groups excluding carboxylic acids is 1. The van der Waals surface area contributed by atoms with Crippen LogP contribution in [0.1, 0.15) is 6.92 Å². The van der Waals surface area contributed by atoms with E-state index in [9.17, 15) is 4.79 Å². The third kappa shape index (κ3) is 6.97. The van der Waals surface area contributed by atoms with Crippen molar-refractivity contribution < 1.29 is 9.53 Å². The Morgan fingerprint density at radius 1 is 1.86 bits per heavy atom. The number of hydrogen-bond donors (Lipinski definition) is 2. The second kappa shape index (κ2) is 7.87. The molecule has 0 aliphatic carbocycles. The molecule has 2 N–H and O–H groups in total. The SMILES string of the molecule is CCOC(=O)CS.CN1C=C(N)SC1. The van der Waals surface area contributed by atoms with Crippen molar-refractivity contribution in [2.75, 3.05) is 25.3 Å². The highest BCUT2D eigenvalue weighted by Gasteiger charge is 2.02. The quantitative estimate of drug-likeness (QED) is 0.550. The molecule has 6 heteroatoms. The van der Waals surface area contributed by atoms with Gasteiger partial charge in [0.05, 0.1) is 23.3 Å². The van der Waals surface area contributed by atoms with Gasteiger partial charge in [0.1, 0.15) is 0 Å². The Morgan fingerprint density at radius 2 is 2.50 bits per heavy atom. The lowest BCUT2D eigenvalue weighted by Crippen LogP contribution is -2.03. The first-order valence-electron chi connectivity index (χ1n) is 4.17. The summed E-state index contributed by atoms with van der Waals surface area (Å²) >= 11 is 5.35. The maximum Gasteiger partial charge on any atom is 0.315 e. The maximum atomic E-state index is 10.1. The van der Waals surface area contributed by atoms with Gasteiger partial charge < -0.3 is 15.4 Å². The number of ether oxygens (including phenoxy) is 1. The molecule has 0 amide bonds. The molecular formula is C8H16N2O2S2. The van der Waals surface area contributed by atoms with E-state index in [4.69, 9.17) is 5.73 Å². The molecule has 0 radical (unpaired) electrons. The van der Waals surface area contributed by atoms with Gasteiger partial charge in [0, 0.05) is 13.2 Å². The Morgan fingerprint density at radius 3 is 2.64 bits per heavy atom. The molecule has 0 saturated heterocycles. The summed E-state index contributed by atoms with van der Waals surface area (Å²) in [6.45, 7) is 2.21. The zero-order valence-corrected chi connectivity index (χ0v) is 10.1. The molecule has 0 unspecified atom stereocenters. The van der Waals surface area contributed by atoms with Crippen LogP contribution >= 0.6 is 24.4 Å². The standard InChI is InChI=1S/C4H8N2S.C4H8O2S/c1-6-2-4(5)7-3-6;1-2-6-4(5)3-7/h2H,3,5H2,1H3;7H,2-3H2,1H3. The van der Waals surface area contributed by atoms with Gasteiger partial charge in [-0.2, -0.15) is 12.6 Å². The van der Waals surface area contributed by atoms with Crippen molar-refractivity contribution in [2.45, 2.75) is 6.92 Å². The summed E-state index contributed by atoms with van der Waals surface area (Å²) in [4.78, 5) is 12.2. The number of nitrogens with two attached hydrogens (primary N) is 1. The molecule has 1 aliphatic rings. The molecule has 0 atom stereocenters. The van der Waals surface area contributed by atoms with Gasteiger partial charge in [0.15, 0.2) is 0 Å². The summed E-state index contributed by atoms with van der Waals surface area (Å²) in [5, 5.41) is 0.919. The number of carbonyl (C=O) groups is 1. The first-order chi connectivity index (χ1) is 6.60. The van der Waals surface area contributed by atoms with E-state index in [-0.39, 0.29) is 11.7 Å². The van der Waals surface area contributed by atoms with Crippen molar-refractivity contribution in [3.8, 4) is 0 Å². The minimum atomic E-state index is -0.258. The molecule has 4 nitrogen and oxygen atoms in total. The molecule has 82 valence electrons. The summed E-state index contributed by atoms with van der Waals surface area (Å²) in [7, 11) is 2.01. The van der Waals surface area contributed by atoms with Crippen molar-refractivity contribution in [3.05, 3.63) is 11.2 Å². The van der Waals surface area contributed by atoms with Crippen LogP contribution in [0.4, 0.5) is 0 Å². The van der Waals surface area contributed by atoms with Crippen molar-refractivity contribution in [3.63, 3.8) is 0 Å². The van der Waals surface area contributed by atoms with Crippen LogP contribution in [0.5, 0.6) is 0 Å². The van der Waals surface area contributed by atoms with E-state index in [0.29, 0.717) is 6.61 Å². The zero-order chi connectivity index (χ0) is 11.0. The molecule has 0 aromatic carbocycles. The first-order valence-corrected chi connectivity index (χ1v) is 5.78. The van der Waals surface area contributed by atoms with Crippen LogP contribution in [0.15, 0.2) is 11.2 Å². The van der Waals surface area contributed by atoms with Crippen LogP contribution in [-0.2, 0) is 9.53 Å². The first kappa shape index (κ1) is 13.5. The molecule has 0 saturated carbocycles. The second-order valence-electron chi connectivity index (χ2n) is 2.53. The largest absolute Gasteiger partial charge is 0.465 e. The van der Waals surface area contributed by atoms with Crippen LogP contribution in [0.3, 0.4) is 0 Å². The summed E-state index contributed by atoms with van der Waals surface area (Å²) < 4.78 is 4.48.